The Morgan fingerprint density at radius 1 is 1.09 bits per heavy atom. The van der Waals surface area contributed by atoms with Crippen molar-refractivity contribution in [2.24, 2.45) is 5.73 Å². The molecule has 0 atom stereocenters. The third-order valence-corrected chi connectivity index (χ3v) is 3.39. The molecule has 0 fully saturated rings. The van der Waals surface area contributed by atoms with Crippen molar-refractivity contribution < 1.29 is 4.79 Å². The molecule has 0 unspecified atom stereocenters. The van der Waals surface area contributed by atoms with Crippen LogP contribution in [0.4, 0.5) is 10.5 Å². The smallest absolute Gasteiger partial charge is 0.329 e. The van der Waals surface area contributed by atoms with Gasteiger partial charge in [0.25, 0.3) is 0 Å². The highest BCUT2D eigenvalue weighted by Gasteiger charge is 2.21. The second-order valence-electron chi connectivity index (χ2n) is 5.11. The molecule has 122 valence electrons. The summed E-state index contributed by atoms with van der Waals surface area (Å²) in [5.74, 6) is -0.303. The maximum Gasteiger partial charge on any atom is 0.329 e. The number of hydrogen-bond acceptors (Lipinski definition) is 2. The molecule has 0 aliphatic carbocycles. The fourth-order valence-corrected chi connectivity index (χ4v) is 2.34. The summed E-state index contributed by atoms with van der Waals surface area (Å²) >= 11 is 0. The maximum atomic E-state index is 12.5. The predicted octanol–water partition coefficient (Wildman–Crippen LogP) is 3.33. The van der Waals surface area contributed by atoms with Gasteiger partial charge in [-0.15, -0.1) is 12.4 Å². The number of carbonyl (C=O) groups is 1. The largest absolute Gasteiger partial charge is 0.369 e. The van der Waals surface area contributed by atoms with Crippen molar-refractivity contribution >= 4 is 30.1 Å². The van der Waals surface area contributed by atoms with Crippen LogP contribution in [-0.2, 0) is 6.54 Å². The highest BCUT2D eigenvalue weighted by atomic mass is 35.5. The molecule has 0 spiro atoms. The Morgan fingerprint density at radius 3 is 2.17 bits per heavy atom. The Bertz CT molecular complexity index is 668. The first-order valence-electron chi connectivity index (χ1n) is 7.03. The van der Waals surface area contributed by atoms with Gasteiger partial charge in [-0.2, -0.15) is 0 Å². The first-order chi connectivity index (χ1) is 10.5. The van der Waals surface area contributed by atoms with Crippen molar-refractivity contribution in [3.8, 4) is 0 Å². The van der Waals surface area contributed by atoms with Gasteiger partial charge in [0, 0.05) is 6.54 Å². The average Bonchev–Trinajstić information content (AvgIpc) is 2.49. The minimum absolute atomic E-state index is 0. The number of guanidine groups is 1. The van der Waals surface area contributed by atoms with Gasteiger partial charge in [-0.25, -0.2) is 9.69 Å². The van der Waals surface area contributed by atoms with Crippen LogP contribution in [0.2, 0.25) is 0 Å². The number of benzene rings is 2. The molecule has 0 heterocycles. The monoisotopic (exact) mass is 332 g/mol. The van der Waals surface area contributed by atoms with Crippen molar-refractivity contribution in [3.63, 3.8) is 0 Å². The SMILES string of the molecule is Cc1cccc(C)c1N(C(=N)N)C(=O)NCc1ccccc1.Cl. The van der Waals surface area contributed by atoms with E-state index in [1.165, 1.54) is 4.90 Å². The van der Waals surface area contributed by atoms with Crippen molar-refractivity contribution in [2.75, 3.05) is 4.90 Å². The zero-order valence-electron chi connectivity index (χ0n) is 13.2. The highest BCUT2D eigenvalue weighted by molar-refractivity contribution is 6.14. The fourth-order valence-electron chi connectivity index (χ4n) is 2.34. The zero-order chi connectivity index (χ0) is 16.1. The highest BCUT2D eigenvalue weighted by Crippen LogP contribution is 2.24. The summed E-state index contributed by atoms with van der Waals surface area (Å²) in [6.07, 6.45) is 0. The molecule has 2 aromatic carbocycles. The Hall–Kier alpha value is -2.53. The normalized spacial score (nSPS) is 9.65. The molecule has 2 amide bonds. The molecule has 5 nitrogen and oxygen atoms in total. The van der Waals surface area contributed by atoms with E-state index in [1.54, 1.807) is 0 Å². The van der Waals surface area contributed by atoms with E-state index in [1.807, 2.05) is 62.4 Å². The first-order valence-corrected chi connectivity index (χ1v) is 7.03. The Kier molecular flexibility index (Phi) is 6.60. The lowest BCUT2D eigenvalue weighted by atomic mass is 10.1. The average molecular weight is 333 g/mol. The minimum atomic E-state index is -0.409. The van der Waals surface area contributed by atoms with E-state index in [4.69, 9.17) is 11.1 Å². The van der Waals surface area contributed by atoms with E-state index >= 15 is 0 Å². The maximum absolute atomic E-state index is 12.5. The molecule has 0 saturated carbocycles. The number of hydrogen-bond donors (Lipinski definition) is 3. The van der Waals surface area contributed by atoms with E-state index < -0.39 is 6.03 Å². The van der Waals surface area contributed by atoms with Crippen LogP contribution in [0.3, 0.4) is 0 Å². The molecule has 2 aromatic rings. The van der Waals surface area contributed by atoms with Crippen LogP contribution in [0.1, 0.15) is 16.7 Å². The van der Waals surface area contributed by atoms with Gasteiger partial charge in [-0.05, 0) is 30.5 Å². The quantitative estimate of drug-likeness (QED) is 0.595. The number of nitrogens with two attached hydrogens (primary N) is 1. The van der Waals surface area contributed by atoms with Crippen LogP contribution < -0.4 is 16.0 Å². The van der Waals surface area contributed by atoms with Gasteiger partial charge < -0.3 is 11.1 Å². The fraction of sp³-hybridized carbons (Fsp3) is 0.176. The third-order valence-electron chi connectivity index (χ3n) is 3.39. The van der Waals surface area contributed by atoms with Crippen molar-refractivity contribution in [2.45, 2.75) is 20.4 Å². The number of amides is 2. The zero-order valence-corrected chi connectivity index (χ0v) is 14.0. The lowest BCUT2D eigenvalue weighted by Gasteiger charge is -2.24. The molecule has 6 heteroatoms. The van der Waals surface area contributed by atoms with E-state index in [0.717, 1.165) is 16.7 Å². The summed E-state index contributed by atoms with van der Waals surface area (Å²) in [6, 6.07) is 14.9. The topological polar surface area (TPSA) is 82.2 Å². The molecule has 0 aliphatic heterocycles. The molecule has 23 heavy (non-hydrogen) atoms. The molecule has 0 bridgehead atoms. The van der Waals surface area contributed by atoms with Gasteiger partial charge in [0.2, 0.25) is 5.96 Å². The summed E-state index contributed by atoms with van der Waals surface area (Å²) in [4.78, 5) is 13.7. The van der Waals surface area contributed by atoms with Crippen molar-refractivity contribution in [1.29, 1.82) is 5.41 Å². The standard InChI is InChI=1S/C17H20N4O.ClH/c1-12-7-6-8-13(2)15(12)21(16(18)19)17(22)20-11-14-9-4-3-5-10-14;/h3-10H,11H2,1-2H3,(H3,18,19)(H,20,22);1H. The number of halogens is 1. The van der Waals surface area contributed by atoms with E-state index in [2.05, 4.69) is 5.32 Å². The number of anilines is 1. The molecule has 4 N–H and O–H groups in total. The van der Waals surface area contributed by atoms with Gasteiger partial charge in [0.15, 0.2) is 0 Å². The molecular weight excluding hydrogens is 312 g/mol. The van der Waals surface area contributed by atoms with E-state index in [0.29, 0.717) is 12.2 Å². The Balaban J connectivity index is 0.00000264. The van der Waals surface area contributed by atoms with E-state index in [9.17, 15) is 4.79 Å². The van der Waals surface area contributed by atoms with Crippen LogP contribution in [0.15, 0.2) is 48.5 Å². The van der Waals surface area contributed by atoms with Gasteiger partial charge in [-0.1, -0.05) is 48.5 Å². The van der Waals surface area contributed by atoms with Crippen LogP contribution in [0.5, 0.6) is 0 Å². The molecule has 2 rings (SSSR count). The Morgan fingerprint density at radius 2 is 1.65 bits per heavy atom. The lowest BCUT2D eigenvalue weighted by molar-refractivity contribution is 0.248. The van der Waals surface area contributed by atoms with E-state index in [-0.39, 0.29) is 18.4 Å². The van der Waals surface area contributed by atoms with Crippen LogP contribution in [0, 0.1) is 19.3 Å². The van der Waals surface area contributed by atoms with Crippen LogP contribution in [0.25, 0.3) is 0 Å². The molecular formula is C17H21ClN4O. The van der Waals surface area contributed by atoms with Crippen molar-refractivity contribution in [1.82, 2.24) is 5.32 Å². The predicted molar refractivity (Wildman–Crippen MR) is 96.2 cm³/mol. The number of carbonyl (C=O) groups excluding carboxylic acids is 1. The second kappa shape index (κ2) is 8.19. The first kappa shape index (κ1) is 18.5. The molecule has 0 aliphatic rings. The number of urea groups is 1. The van der Waals surface area contributed by atoms with Gasteiger partial charge in [0.05, 0.1) is 5.69 Å². The minimum Gasteiger partial charge on any atom is -0.369 e. The lowest BCUT2D eigenvalue weighted by Crippen LogP contribution is -2.47. The van der Waals surface area contributed by atoms with Crippen LogP contribution in [-0.4, -0.2) is 12.0 Å². The number of para-hydroxylation sites is 1. The van der Waals surface area contributed by atoms with Gasteiger partial charge in [-0.3, -0.25) is 5.41 Å². The summed E-state index contributed by atoms with van der Waals surface area (Å²) < 4.78 is 0. The number of aryl methyl sites for hydroxylation is 2. The molecule has 0 radical (unpaired) electrons. The Labute approximate surface area is 142 Å². The summed E-state index contributed by atoms with van der Waals surface area (Å²) in [6.45, 7) is 4.17. The number of nitrogens with one attached hydrogen (secondary N) is 2. The molecule has 0 saturated heterocycles. The molecule has 0 aromatic heterocycles. The van der Waals surface area contributed by atoms with Gasteiger partial charge in [0.1, 0.15) is 0 Å². The summed E-state index contributed by atoms with van der Waals surface area (Å²) in [5, 5.41) is 10.5. The van der Waals surface area contributed by atoms with Gasteiger partial charge >= 0.3 is 6.03 Å². The summed E-state index contributed by atoms with van der Waals surface area (Å²) in [7, 11) is 0. The third kappa shape index (κ3) is 4.47. The number of nitrogens with zero attached hydrogens (tertiary/aromatic N) is 1. The second-order valence-corrected chi connectivity index (χ2v) is 5.11. The summed E-state index contributed by atoms with van der Waals surface area (Å²) in [5.41, 5.74) is 9.05. The van der Waals surface area contributed by atoms with Crippen molar-refractivity contribution in [3.05, 3.63) is 65.2 Å². The number of rotatable bonds is 3. The van der Waals surface area contributed by atoms with Crippen LogP contribution >= 0.6 is 12.4 Å².